The van der Waals surface area contributed by atoms with E-state index in [1.807, 2.05) is 27.6 Å². The van der Waals surface area contributed by atoms with E-state index >= 15 is 0 Å². The lowest BCUT2D eigenvalue weighted by Gasteiger charge is -2.33. The standard InChI is InChI=1S/C20H23ClN8O2.C9H12ClN3O/c21-13-9-23-29(11-13)20(3-4-20)18-24-14-10-22-19(26-16(14)25-18)28-7-8-31-15(12-28)17(30)27-5-1-2-6-27;1-2-14-8(11)9(3-4-9)13-6-7(10)5-12-13/h9-11,15H,1-8,12H2,(H,22,24,25,26);5-6,11H,2-4H2,1H3/t15-;/m1./s1. The van der Waals surface area contributed by atoms with Crippen LogP contribution in [0.5, 0.6) is 0 Å². The summed E-state index contributed by atoms with van der Waals surface area (Å²) in [7, 11) is 0. The van der Waals surface area contributed by atoms with E-state index in [4.69, 9.17) is 43.1 Å². The van der Waals surface area contributed by atoms with E-state index in [0.717, 1.165) is 63.0 Å². The molecule has 2 N–H and O–H groups in total. The highest BCUT2D eigenvalue weighted by Crippen LogP contribution is 2.48. The maximum absolute atomic E-state index is 12.7. The van der Waals surface area contributed by atoms with Crippen LogP contribution in [0.2, 0.25) is 10.0 Å². The Morgan fingerprint density at radius 3 is 2.38 bits per heavy atom. The number of carbonyl (C=O) groups excluding carboxylic acids is 1. The zero-order chi connectivity index (χ0) is 31.2. The van der Waals surface area contributed by atoms with Crippen molar-refractivity contribution in [2.75, 3.05) is 44.3 Å². The third-order valence-electron chi connectivity index (χ3n) is 8.85. The van der Waals surface area contributed by atoms with Crippen LogP contribution in [0.25, 0.3) is 11.2 Å². The van der Waals surface area contributed by atoms with Gasteiger partial charge in [0.2, 0.25) is 11.8 Å². The second kappa shape index (κ2) is 11.9. The lowest BCUT2D eigenvalue weighted by atomic mass is 10.2. The number of aromatic nitrogens is 8. The lowest BCUT2D eigenvalue weighted by Crippen LogP contribution is -2.51. The van der Waals surface area contributed by atoms with Crippen molar-refractivity contribution in [3.63, 3.8) is 0 Å². The van der Waals surface area contributed by atoms with E-state index in [1.165, 1.54) is 0 Å². The van der Waals surface area contributed by atoms with E-state index in [2.05, 4.69) is 25.1 Å². The normalized spacial score (nSPS) is 21.4. The van der Waals surface area contributed by atoms with Gasteiger partial charge in [-0.3, -0.25) is 19.6 Å². The highest BCUT2D eigenvalue weighted by Gasteiger charge is 2.52. The number of fused-ring (bicyclic) bond motifs is 1. The quantitative estimate of drug-likeness (QED) is 0.224. The van der Waals surface area contributed by atoms with Gasteiger partial charge in [-0.1, -0.05) is 23.2 Å². The van der Waals surface area contributed by atoms with Crippen molar-refractivity contribution in [2.24, 2.45) is 0 Å². The first kappa shape index (κ1) is 29.9. The third-order valence-corrected chi connectivity index (χ3v) is 9.24. The minimum atomic E-state index is -0.472. The molecule has 238 valence electrons. The van der Waals surface area contributed by atoms with Gasteiger partial charge in [-0.2, -0.15) is 15.2 Å². The van der Waals surface area contributed by atoms with Crippen molar-refractivity contribution in [1.82, 2.24) is 44.4 Å². The number of nitrogens with zero attached hydrogens (tertiary/aromatic N) is 9. The molecule has 45 heavy (non-hydrogen) atoms. The summed E-state index contributed by atoms with van der Waals surface area (Å²) in [5, 5.41) is 17.5. The molecule has 2 saturated heterocycles. The summed E-state index contributed by atoms with van der Waals surface area (Å²) in [6.07, 6.45) is 13.9. The molecule has 16 heteroatoms. The zero-order valence-electron chi connectivity index (χ0n) is 25.0. The molecule has 0 radical (unpaired) electrons. The lowest BCUT2D eigenvalue weighted by molar-refractivity contribution is -0.143. The fraction of sp³-hybridized carbons (Fsp3) is 0.552. The molecule has 0 unspecified atom stereocenters. The average molecular weight is 657 g/mol. The van der Waals surface area contributed by atoms with E-state index in [1.54, 1.807) is 29.5 Å². The molecule has 14 nitrogen and oxygen atoms in total. The van der Waals surface area contributed by atoms with Crippen LogP contribution in [0.4, 0.5) is 5.95 Å². The Balaban J connectivity index is 0.000000195. The first-order valence-corrected chi connectivity index (χ1v) is 16.1. The molecule has 0 bridgehead atoms. The number of carbonyl (C=O) groups is 1. The van der Waals surface area contributed by atoms with Crippen molar-refractivity contribution in [1.29, 1.82) is 5.41 Å². The maximum atomic E-state index is 12.7. The second-order valence-corrected chi connectivity index (χ2v) is 12.7. The smallest absolute Gasteiger partial charge is 0.253 e. The zero-order valence-corrected chi connectivity index (χ0v) is 26.5. The second-order valence-electron chi connectivity index (χ2n) is 11.9. The van der Waals surface area contributed by atoms with Crippen LogP contribution in [0, 0.1) is 5.41 Å². The Hall–Kier alpha value is -3.75. The summed E-state index contributed by atoms with van der Waals surface area (Å²) in [5.74, 6) is 1.75. The molecule has 1 amide bonds. The van der Waals surface area contributed by atoms with Crippen LogP contribution >= 0.6 is 23.2 Å². The number of morpholine rings is 1. The molecule has 4 fully saturated rings. The minimum absolute atomic E-state index is 0.0684. The molecule has 2 aliphatic heterocycles. The van der Waals surface area contributed by atoms with Crippen LogP contribution in [-0.4, -0.2) is 102 Å². The summed E-state index contributed by atoms with van der Waals surface area (Å²) in [6.45, 7) is 5.61. The largest absolute Gasteiger partial charge is 0.480 e. The van der Waals surface area contributed by atoms with Gasteiger partial charge in [0.15, 0.2) is 11.8 Å². The number of amides is 1. The van der Waals surface area contributed by atoms with E-state index in [9.17, 15) is 4.79 Å². The highest BCUT2D eigenvalue weighted by atomic mass is 35.5. The van der Waals surface area contributed by atoms with E-state index in [-0.39, 0.29) is 17.0 Å². The van der Waals surface area contributed by atoms with Gasteiger partial charge in [-0.25, -0.2) is 9.97 Å². The van der Waals surface area contributed by atoms with Crippen LogP contribution in [-0.2, 0) is 25.3 Å². The van der Waals surface area contributed by atoms with Crippen molar-refractivity contribution in [3.8, 4) is 0 Å². The van der Waals surface area contributed by atoms with Crippen LogP contribution in [0.3, 0.4) is 0 Å². The summed E-state index contributed by atoms with van der Waals surface area (Å²) in [6, 6.07) is 0. The van der Waals surface area contributed by atoms with Gasteiger partial charge in [0, 0.05) is 32.0 Å². The minimum Gasteiger partial charge on any atom is -0.480 e. The number of likely N-dealkylation sites (tertiary alicyclic amines) is 1. The molecule has 8 rings (SSSR count). The summed E-state index contributed by atoms with van der Waals surface area (Å²) in [5.41, 5.74) is 0.753. The third kappa shape index (κ3) is 5.74. The summed E-state index contributed by atoms with van der Waals surface area (Å²) < 4.78 is 14.6. The van der Waals surface area contributed by atoms with Gasteiger partial charge in [0.05, 0.1) is 48.4 Å². The number of ether oxygens (including phenoxy) is 2. The topological polar surface area (TPSA) is 156 Å². The van der Waals surface area contributed by atoms with Gasteiger partial charge in [-0.05, 0) is 45.4 Å². The first-order chi connectivity index (χ1) is 21.8. The van der Waals surface area contributed by atoms with Crippen molar-refractivity contribution in [3.05, 3.63) is 46.9 Å². The van der Waals surface area contributed by atoms with Gasteiger partial charge >= 0.3 is 0 Å². The molecule has 4 aromatic rings. The number of anilines is 1. The van der Waals surface area contributed by atoms with Gasteiger partial charge < -0.3 is 24.3 Å². The SMILES string of the molecule is CCOC(=N)C1(n2cc(Cl)cn2)CC1.O=C([C@H]1CN(c2ncc3[nH]c(C4(n5cc(Cl)cn5)CC4)nc3n2)CCO1)N1CCCC1. The molecule has 2 saturated carbocycles. The van der Waals surface area contributed by atoms with Gasteiger partial charge in [0.25, 0.3) is 5.91 Å². The number of hydrogen-bond donors (Lipinski definition) is 2. The molecule has 2 aliphatic carbocycles. The highest BCUT2D eigenvalue weighted by molar-refractivity contribution is 6.30. The molecule has 0 spiro atoms. The molecule has 4 aromatic heterocycles. The fourth-order valence-electron chi connectivity index (χ4n) is 6.01. The van der Waals surface area contributed by atoms with E-state index < -0.39 is 6.10 Å². The van der Waals surface area contributed by atoms with Gasteiger partial charge in [-0.15, -0.1) is 0 Å². The molecule has 1 atom stereocenters. The monoisotopic (exact) mass is 655 g/mol. The molecular formula is C29H35Cl2N11O3. The van der Waals surface area contributed by atoms with Crippen molar-refractivity contribution >= 4 is 52.1 Å². The first-order valence-electron chi connectivity index (χ1n) is 15.3. The molecule has 6 heterocycles. The number of nitrogens with one attached hydrogen (secondary N) is 2. The average Bonchev–Trinajstić information content (AvgIpc) is 3.70. The van der Waals surface area contributed by atoms with Crippen LogP contribution in [0.1, 0.15) is 51.3 Å². The van der Waals surface area contributed by atoms with Gasteiger partial charge in [0.1, 0.15) is 22.4 Å². The number of H-pyrrole nitrogens is 1. The molecule has 4 aliphatic rings. The maximum Gasteiger partial charge on any atom is 0.253 e. The van der Waals surface area contributed by atoms with Crippen LogP contribution < -0.4 is 4.90 Å². The summed E-state index contributed by atoms with van der Waals surface area (Å²) in [4.78, 5) is 34.0. The Bertz CT molecular complexity index is 1700. The number of halogens is 2. The molecular weight excluding hydrogens is 621 g/mol. The number of hydrogen-bond acceptors (Lipinski definition) is 10. The Morgan fingerprint density at radius 1 is 1.04 bits per heavy atom. The van der Waals surface area contributed by atoms with Crippen LogP contribution in [0.15, 0.2) is 31.0 Å². The predicted octanol–water partition coefficient (Wildman–Crippen LogP) is 3.61. The Kier molecular flexibility index (Phi) is 7.90. The van der Waals surface area contributed by atoms with E-state index in [0.29, 0.717) is 53.8 Å². The summed E-state index contributed by atoms with van der Waals surface area (Å²) >= 11 is 11.8. The number of imidazole rings is 1. The molecule has 0 aromatic carbocycles. The van der Waals surface area contributed by atoms with Crippen molar-refractivity contribution < 1.29 is 14.3 Å². The Labute approximate surface area is 269 Å². The Morgan fingerprint density at radius 2 is 1.76 bits per heavy atom. The van der Waals surface area contributed by atoms with Crippen molar-refractivity contribution in [2.45, 2.75) is 62.6 Å². The number of rotatable bonds is 7. The predicted molar refractivity (Wildman–Crippen MR) is 167 cm³/mol. The number of aromatic amines is 1. The fourth-order valence-corrected chi connectivity index (χ4v) is 6.28.